The van der Waals surface area contributed by atoms with Gasteiger partial charge in [0.2, 0.25) is 17.7 Å². The molecule has 4 aliphatic rings. The fraction of sp³-hybridized carbons (Fsp3) is 0.348. The number of rotatable bonds is 1. The maximum absolute atomic E-state index is 13.8. The van der Waals surface area contributed by atoms with Crippen molar-refractivity contribution in [2.45, 2.75) is 31.3 Å². The molecule has 0 aromatic heterocycles. The number of para-hydroxylation sites is 1. The molecule has 30 heavy (non-hydrogen) atoms. The summed E-state index contributed by atoms with van der Waals surface area (Å²) in [4.78, 5) is 44.4. The van der Waals surface area contributed by atoms with Crippen molar-refractivity contribution in [3.05, 3.63) is 58.6 Å². The van der Waals surface area contributed by atoms with E-state index in [0.29, 0.717) is 22.9 Å². The summed E-state index contributed by atoms with van der Waals surface area (Å²) in [5.41, 5.74) is 1.68. The highest BCUT2D eigenvalue weighted by Gasteiger charge is 2.74. The van der Waals surface area contributed by atoms with Gasteiger partial charge in [-0.15, -0.1) is 0 Å². The number of carbonyl (C=O) groups is 3. The average Bonchev–Trinajstić information content (AvgIpc) is 3.42. The molecule has 2 aromatic rings. The lowest BCUT2D eigenvalue weighted by molar-refractivity contribution is -0.135. The molecule has 0 radical (unpaired) electrons. The van der Waals surface area contributed by atoms with Crippen LogP contribution in [0.5, 0.6) is 0 Å². The summed E-state index contributed by atoms with van der Waals surface area (Å²) < 4.78 is 0. The first-order valence-corrected chi connectivity index (χ1v) is 10.7. The van der Waals surface area contributed by atoms with E-state index in [4.69, 9.17) is 11.6 Å². The van der Waals surface area contributed by atoms with Crippen LogP contribution in [-0.2, 0) is 19.9 Å². The summed E-state index contributed by atoms with van der Waals surface area (Å²) in [6.07, 6.45) is 1.69. The highest BCUT2D eigenvalue weighted by molar-refractivity contribution is 6.31. The zero-order valence-corrected chi connectivity index (χ0v) is 17.1. The summed E-state index contributed by atoms with van der Waals surface area (Å²) in [5, 5.41) is 3.55. The van der Waals surface area contributed by atoms with Gasteiger partial charge in [0.1, 0.15) is 5.54 Å². The molecule has 3 fully saturated rings. The van der Waals surface area contributed by atoms with E-state index in [2.05, 4.69) is 10.2 Å². The molecule has 0 aliphatic carbocycles. The summed E-state index contributed by atoms with van der Waals surface area (Å²) in [6.45, 7) is 2.58. The van der Waals surface area contributed by atoms with E-state index in [-0.39, 0.29) is 23.8 Å². The first kappa shape index (κ1) is 18.1. The molecule has 4 heterocycles. The Bertz CT molecular complexity index is 1130. The van der Waals surface area contributed by atoms with E-state index >= 15 is 0 Å². The van der Waals surface area contributed by atoms with Crippen molar-refractivity contribution in [1.29, 1.82) is 0 Å². The highest BCUT2D eigenvalue weighted by Crippen LogP contribution is 2.61. The van der Waals surface area contributed by atoms with E-state index in [1.54, 1.807) is 18.2 Å². The smallest absolute Gasteiger partial charge is 0.250 e. The Labute approximate surface area is 178 Å². The largest absolute Gasteiger partial charge is 0.324 e. The molecule has 2 aromatic carbocycles. The topological polar surface area (TPSA) is 69.7 Å². The van der Waals surface area contributed by atoms with Gasteiger partial charge in [-0.3, -0.25) is 19.3 Å². The van der Waals surface area contributed by atoms with Crippen molar-refractivity contribution in [3.63, 3.8) is 0 Å². The number of imide groups is 1. The van der Waals surface area contributed by atoms with Crippen LogP contribution >= 0.6 is 11.6 Å². The predicted molar refractivity (Wildman–Crippen MR) is 112 cm³/mol. The Morgan fingerprint density at radius 2 is 1.87 bits per heavy atom. The number of halogens is 1. The summed E-state index contributed by atoms with van der Waals surface area (Å²) in [6, 6.07) is 12.5. The summed E-state index contributed by atoms with van der Waals surface area (Å²) >= 11 is 6.39. The minimum absolute atomic E-state index is 0.129. The number of amides is 3. The third-order valence-electron chi connectivity index (χ3n) is 7.28. The number of nitrogens with one attached hydrogen (secondary N) is 1. The Hall–Kier alpha value is -2.70. The highest BCUT2D eigenvalue weighted by atomic mass is 35.5. The van der Waals surface area contributed by atoms with Crippen LogP contribution < -0.4 is 10.2 Å². The van der Waals surface area contributed by atoms with E-state index in [1.165, 1.54) is 4.90 Å². The van der Waals surface area contributed by atoms with Crippen molar-refractivity contribution in [2.75, 3.05) is 16.8 Å². The normalized spacial score (nSPS) is 32.0. The van der Waals surface area contributed by atoms with Crippen LogP contribution in [-0.4, -0.2) is 35.2 Å². The van der Waals surface area contributed by atoms with Crippen LogP contribution in [0.2, 0.25) is 5.02 Å². The molecule has 7 heteroatoms. The maximum Gasteiger partial charge on any atom is 0.250 e. The van der Waals surface area contributed by atoms with Gasteiger partial charge >= 0.3 is 0 Å². The Morgan fingerprint density at radius 1 is 1.10 bits per heavy atom. The molecule has 152 valence electrons. The number of aryl methyl sites for hydroxylation is 1. The monoisotopic (exact) mass is 421 g/mol. The predicted octanol–water partition coefficient (Wildman–Crippen LogP) is 3.08. The van der Waals surface area contributed by atoms with Crippen LogP contribution in [0, 0.1) is 18.8 Å². The molecule has 3 saturated heterocycles. The molecule has 0 bridgehead atoms. The second kappa shape index (κ2) is 5.93. The lowest BCUT2D eigenvalue weighted by Crippen LogP contribution is -2.54. The zero-order chi connectivity index (χ0) is 20.8. The molecular weight excluding hydrogens is 402 g/mol. The number of hydrogen-bond donors (Lipinski definition) is 1. The molecular formula is C23H20ClN3O3. The Balaban J connectivity index is 1.59. The number of hydrogen-bond acceptors (Lipinski definition) is 4. The SMILES string of the molecule is Cc1cc(Cl)cc2c1NC(=O)[C@@]21[C@@H]2C(=O)N(c3ccccc3)C(=O)[C@H]2[C@@H]2CCCN21. The maximum atomic E-state index is 13.8. The Kier molecular flexibility index (Phi) is 3.58. The fourth-order valence-electron chi connectivity index (χ4n) is 6.27. The van der Waals surface area contributed by atoms with Gasteiger partial charge in [0.05, 0.1) is 17.5 Å². The van der Waals surface area contributed by atoms with Crippen LogP contribution in [0.3, 0.4) is 0 Å². The Morgan fingerprint density at radius 3 is 2.63 bits per heavy atom. The average molecular weight is 422 g/mol. The van der Waals surface area contributed by atoms with Crippen LogP contribution in [0.15, 0.2) is 42.5 Å². The van der Waals surface area contributed by atoms with Crippen molar-refractivity contribution in [3.8, 4) is 0 Å². The van der Waals surface area contributed by atoms with Gasteiger partial charge in [-0.25, -0.2) is 4.90 Å². The lowest BCUT2D eigenvalue weighted by atomic mass is 9.75. The van der Waals surface area contributed by atoms with Gasteiger partial charge in [-0.05, 0) is 56.1 Å². The second-order valence-electron chi connectivity index (χ2n) is 8.62. The third-order valence-corrected chi connectivity index (χ3v) is 7.50. The minimum atomic E-state index is -1.19. The molecule has 3 amide bonds. The van der Waals surface area contributed by atoms with Crippen molar-refractivity contribution in [1.82, 2.24) is 4.90 Å². The van der Waals surface area contributed by atoms with Crippen molar-refractivity contribution >= 4 is 40.7 Å². The summed E-state index contributed by atoms with van der Waals surface area (Å²) in [7, 11) is 0. The molecule has 1 spiro atoms. The molecule has 0 saturated carbocycles. The molecule has 6 rings (SSSR count). The van der Waals surface area contributed by atoms with Gasteiger partial charge in [0.25, 0.3) is 0 Å². The van der Waals surface area contributed by atoms with E-state index in [9.17, 15) is 14.4 Å². The van der Waals surface area contributed by atoms with Gasteiger partial charge in [-0.2, -0.15) is 0 Å². The van der Waals surface area contributed by atoms with E-state index in [1.807, 2.05) is 31.2 Å². The third kappa shape index (κ3) is 1.96. The van der Waals surface area contributed by atoms with Gasteiger partial charge in [0.15, 0.2) is 0 Å². The fourth-order valence-corrected chi connectivity index (χ4v) is 6.54. The van der Waals surface area contributed by atoms with Gasteiger partial charge < -0.3 is 5.32 Å². The molecule has 0 unspecified atom stereocenters. The molecule has 6 nitrogen and oxygen atoms in total. The van der Waals surface area contributed by atoms with E-state index in [0.717, 1.165) is 24.0 Å². The van der Waals surface area contributed by atoms with Crippen LogP contribution in [0.25, 0.3) is 0 Å². The number of carbonyl (C=O) groups excluding carboxylic acids is 3. The standard InChI is InChI=1S/C23H20ClN3O3/c1-12-10-13(24)11-15-19(12)25-22(30)23(15)18-17(16-8-5-9-26(16)23)20(28)27(21(18)29)14-6-3-2-4-7-14/h2-4,6-7,10-11,16-18H,5,8-9H2,1H3,(H,25,30)/t16-,17-,18-,23-/m0/s1. The first-order chi connectivity index (χ1) is 14.5. The number of fused-ring (bicyclic) bond motifs is 7. The zero-order valence-electron chi connectivity index (χ0n) is 16.4. The number of anilines is 2. The number of nitrogens with zero attached hydrogens (tertiary/aromatic N) is 2. The first-order valence-electron chi connectivity index (χ1n) is 10.3. The molecule has 4 aliphatic heterocycles. The number of benzene rings is 2. The van der Waals surface area contributed by atoms with Crippen molar-refractivity contribution < 1.29 is 14.4 Å². The quantitative estimate of drug-likeness (QED) is 0.718. The molecule has 1 N–H and O–H groups in total. The van der Waals surface area contributed by atoms with Crippen molar-refractivity contribution in [2.24, 2.45) is 11.8 Å². The van der Waals surface area contributed by atoms with Gasteiger partial charge in [-0.1, -0.05) is 29.8 Å². The van der Waals surface area contributed by atoms with Gasteiger partial charge in [0, 0.05) is 22.3 Å². The molecule has 4 atom stereocenters. The van der Waals surface area contributed by atoms with Crippen LogP contribution in [0.1, 0.15) is 24.0 Å². The van der Waals surface area contributed by atoms with Crippen LogP contribution in [0.4, 0.5) is 11.4 Å². The van der Waals surface area contributed by atoms with E-state index < -0.39 is 17.4 Å². The lowest BCUT2D eigenvalue weighted by Gasteiger charge is -2.36. The summed E-state index contributed by atoms with van der Waals surface area (Å²) in [5.74, 6) is -2.01. The minimum Gasteiger partial charge on any atom is -0.324 e. The second-order valence-corrected chi connectivity index (χ2v) is 9.06.